The van der Waals surface area contributed by atoms with Gasteiger partial charge in [-0.3, -0.25) is 14.3 Å². The van der Waals surface area contributed by atoms with Gasteiger partial charge in [0.25, 0.3) is 5.91 Å². The number of hydrogen-bond acceptors (Lipinski definition) is 4. The van der Waals surface area contributed by atoms with E-state index in [4.69, 9.17) is 11.5 Å². The number of nitrogens with two attached hydrogens (primary N) is 2. The van der Waals surface area contributed by atoms with Crippen molar-refractivity contribution in [2.75, 3.05) is 5.73 Å². The number of carbonyl (C=O) groups excluding carboxylic acids is 2. The molecule has 1 rings (SSSR count). The van der Waals surface area contributed by atoms with Crippen molar-refractivity contribution in [3.05, 3.63) is 11.9 Å². The lowest BCUT2D eigenvalue weighted by Crippen LogP contribution is -2.47. The number of amides is 2. The second kappa shape index (κ2) is 4.86. The predicted molar refractivity (Wildman–Crippen MR) is 62.9 cm³/mol. The average molecular weight is 239 g/mol. The molecule has 1 aromatic rings. The van der Waals surface area contributed by atoms with Crippen molar-refractivity contribution in [1.82, 2.24) is 15.1 Å². The van der Waals surface area contributed by atoms with Crippen LogP contribution in [0.15, 0.2) is 6.20 Å². The van der Waals surface area contributed by atoms with Crippen LogP contribution in [0.5, 0.6) is 0 Å². The number of carbonyl (C=O) groups is 2. The van der Waals surface area contributed by atoms with Gasteiger partial charge < -0.3 is 16.8 Å². The van der Waals surface area contributed by atoms with E-state index in [0.717, 1.165) is 0 Å². The second-order valence-electron chi connectivity index (χ2n) is 4.20. The summed E-state index contributed by atoms with van der Waals surface area (Å²) in [5.41, 5.74) is 11.2. The number of nitrogens with one attached hydrogen (secondary N) is 1. The van der Waals surface area contributed by atoms with E-state index in [1.54, 1.807) is 20.9 Å². The molecule has 0 bridgehead atoms. The molecule has 1 aromatic heterocycles. The minimum Gasteiger partial charge on any atom is -0.396 e. The Kier molecular flexibility index (Phi) is 3.72. The number of aryl methyl sites for hydroxylation is 1. The smallest absolute Gasteiger partial charge is 0.274 e. The normalized spacial score (nSPS) is 12.5. The lowest BCUT2D eigenvalue weighted by molar-refractivity contribution is -0.120. The largest absolute Gasteiger partial charge is 0.396 e. The maximum absolute atomic E-state index is 11.8. The molecule has 17 heavy (non-hydrogen) atoms. The molecule has 0 saturated heterocycles. The molecular weight excluding hydrogens is 222 g/mol. The van der Waals surface area contributed by atoms with Gasteiger partial charge in [0.05, 0.1) is 5.69 Å². The lowest BCUT2D eigenvalue weighted by Gasteiger charge is -2.18. The van der Waals surface area contributed by atoms with E-state index < -0.39 is 17.9 Å². The zero-order chi connectivity index (χ0) is 13.2. The standard InChI is InChI=1S/C10H17N5O2/c1-5(2)7(9(12)16)13-10(17)8-6(11)4-15(3)14-8/h4-5,7H,11H2,1-3H3,(H2,12,16)(H,13,17). The first kappa shape index (κ1) is 13.0. The van der Waals surface area contributed by atoms with Gasteiger partial charge in [-0.15, -0.1) is 0 Å². The molecular formula is C10H17N5O2. The summed E-state index contributed by atoms with van der Waals surface area (Å²) in [5, 5.41) is 6.43. The van der Waals surface area contributed by atoms with E-state index in [1.165, 1.54) is 10.9 Å². The molecule has 0 aromatic carbocycles. The van der Waals surface area contributed by atoms with E-state index in [1.807, 2.05) is 0 Å². The predicted octanol–water partition coefficient (Wildman–Crippen LogP) is -0.758. The first-order valence-electron chi connectivity index (χ1n) is 5.22. The van der Waals surface area contributed by atoms with Gasteiger partial charge in [0.1, 0.15) is 6.04 Å². The zero-order valence-electron chi connectivity index (χ0n) is 10.1. The average Bonchev–Trinajstić information content (AvgIpc) is 2.53. The zero-order valence-corrected chi connectivity index (χ0v) is 10.1. The van der Waals surface area contributed by atoms with Crippen LogP contribution >= 0.6 is 0 Å². The highest BCUT2D eigenvalue weighted by Gasteiger charge is 2.24. The van der Waals surface area contributed by atoms with E-state index in [-0.39, 0.29) is 17.3 Å². The number of aromatic nitrogens is 2. The van der Waals surface area contributed by atoms with Crippen molar-refractivity contribution < 1.29 is 9.59 Å². The number of nitrogen functional groups attached to an aromatic ring is 1. The minimum absolute atomic E-state index is 0.0959. The van der Waals surface area contributed by atoms with Crippen molar-refractivity contribution in [1.29, 1.82) is 0 Å². The fraction of sp³-hybridized carbons (Fsp3) is 0.500. The summed E-state index contributed by atoms with van der Waals surface area (Å²) in [6, 6.07) is -0.732. The summed E-state index contributed by atoms with van der Waals surface area (Å²) in [6.07, 6.45) is 1.52. The summed E-state index contributed by atoms with van der Waals surface area (Å²) < 4.78 is 1.43. The third-order valence-corrected chi connectivity index (χ3v) is 2.33. The van der Waals surface area contributed by atoms with Crippen molar-refractivity contribution in [2.45, 2.75) is 19.9 Å². The molecule has 1 heterocycles. The fourth-order valence-corrected chi connectivity index (χ4v) is 1.46. The van der Waals surface area contributed by atoms with E-state index in [2.05, 4.69) is 10.4 Å². The molecule has 0 radical (unpaired) electrons. The molecule has 1 atom stereocenters. The van der Waals surface area contributed by atoms with E-state index >= 15 is 0 Å². The van der Waals surface area contributed by atoms with Crippen LogP contribution in [-0.4, -0.2) is 27.6 Å². The molecule has 0 aliphatic rings. The second-order valence-corrected chi connectivity index (χ2v) is 4.20. The van der Waals surface area contributed by atoms with Gasteiger partial charge in [-0.25, -0.2) is 0 Å². The molecule has 1 unspecified atom stereocenters. The highest BCUT2D eigenvalue weighted by atomic mass is 16.2. The molecule has 0 spiro atoms. The van der Waals surface area contributed by atoms with Crippen molar-refractivity contribution in [3.8, 4) is 0 Å². The van der Waals surface area contributed by atoms with Crippen LogP contribution < -0.4 is 16.8 Å². The number of primary amides is 1. The number of nitrogens with zero attached hydrogens (tertiary/aromatic N) is 2. The van der Waals surface area contributed by atoms with E-state index in [0.29, 0.717) is 0 Å². The van der Waals surface area contributed by atoms with Crippen LogP contribution in [0.3, 0.4) is 0 Å². The summed E-state index contributed by atoms with van der Waals surface area (Å²) in [6.45, 7) is 3.58. The minimum atomic E-state index is -0.732. The summed E-state index contributed by atoms with van der Waals surface area (Å²) >= 11 is 0. The van der Waals surface area contributed by atoms with Gasteiger partial charge in [-0.1, -0.05) is 13.8 Å². The molecule has 0 fully saturated rings. The quantitative estimate of drug-likeness (QED) is 0.640. The Hall–Kier alpha value is -2.05. The fourth-order valence-electron chi connectivity index (χ4n) is 1.46. The highest BCUT2D eigenvalue weighted by Crippen LogP contribution is 2.09. The molecule has 7 nitrogen and oxygen atoms in total. The van der Waals surface area contributed by atoms with Gasteiger partial charge in [-0.2, -0.15) is 5.10 Å². The first-order valence-corrected chi connectivity index (χ1v) is 5.22. The van der Waals surface area contributed by atoms with Crippen LogP contribution in [0.4, 0.5) is 5.69 Å². The first-order chi connectivity index (χ1) is 7.82. The maximum atomic E-state index is 11.8. The lowest BCUT2D eigenvalue weighted by atomic mass is 10.0. The van der Waals surface area contributed by atoms with Crippen LogP contribution in [0.2, 0.25) is 0 Å². The molecule has 0 aliphatic heterocycles. The molecule has 0 aliphatic carbocycles. The van der Waals surface area contributed by atoms with Gasteiger partial charge in [0, 0.05) is 13.2 Å². The Morgan fingerprint density at radius 3 is 2.41 bits per heavy atom. The van der Waals surface area contributed by atoms with Gasteiger partial charge in [0.2, 0.25) is 5.91 Å². The summed E-state index contributed by atoms with van der Waals surface area (Å²) in [5.74, 6) is -1.18. The van der Waals surface area contributed by atoms with Gasteiger partial charge in [0.15, 0.2) is 5.69 Å². The number of anilines is 1. The summed E-state index contributed by atoms with van der Waals surface area (Å²) in [4.78, 5) is 23.0. The SMILES string of the molecule is CC(C)C(NC(=O)c1nn(C)cc1N)C(N)=O. The van der Waals surface area contributed by atoms with Crippen LogP contribution in [-0.2, 0) is 11.8 Å². The van der Waals surface area contributed by atoms with Crippen molar-refractivity contribution in [3.63, 3.8) is 0 Å². The van der Waals surface area contributed by atoms with Gasteiger partial charge >= 0.3 is 0 Å². The number of hydrogen-bond donors (Lipinski definition) is 3. The van der Waals surface area contributed by atoms with Crippen molar-refractivity contribution in [2.24, 2.45) is 18.7 Å². The Morgan fingerprint density at radius 1 is 1.47 bits per heavy atom. The monoisotopic (exact) mass is 239 g/mol. The van der Waals surface area contributed by atoms with Crippen LogP contribution in [0.1, 0.15) is 24.3 Å². The maximum Gasteiger partial charge on any atom is 0.274 e. The Morgan fingerprint density at radius 2 is 2.06 bits per heavy atom. The van der Waals surface area contributed by atoms with Crippen molar-refractivity contribution >= 4 is 17.5 Å². The molecule has 7 heteroatoms. The Balaban J connectivity index is 2.85. The third-order valence-electron chi connectivity index (χ3n) is 2.33. The third kappa shape index (κ3) is 2.96. The Labute approximate surface area is 99.1 Å². The number of rotatable bonds is 4. The topological polar surface area (TPSA) is 116 Å². The molecule has 0 saturated carbocycles. The van der Waals surface area contributed by atoms with Crippen LogP contribution in [0, 0.1) is 5.92 Å². The molecule has 2 amide bonds. The molecule has 94 valence electrons. The summed E-state index contributed by atoms with van der Waals surface area (Å²) in [7, 11) is 1.65. The van der Waals surface area contributed by atoms with Crippen LogP contribution in [0.25, 0.3) is 0 Å². The Bertz CT molecular complexity index is 438. The molecule has 5 N–H and O–H groups in total. The van der Waals surface area contributed by atoms with E-state index in [9.17, 15) is 9.59 Å². The highest BCUT2D eigenvalue weighted by molar-refractivity contribution is 5.99. The van der Waals surface area contributed by atoms with Gasteiger partial charge in [-0.05, 0) is 5.92 Å².